The molecule has 0 spiro atoms. The van der Waals surface area contributed by atoms with E-state index in [1.54, 1.807) is 19.2 Å². The van der Waals surface area contributed by atoms with Crippen molar-refractivity contribution in [1.29, 1.82) is 0 Å². The van der Waals surface area contributed by atoms with Gasteiger partial charge in [0.25, 0.3) is 0 Å². The molecule has 0 aliphatic carbocycles. The second kappa shape index (κ2) is 6.13. The summed E-state index contributed by atoms with van der Waals surface area (Å²) < 4.78 is 15.8. The van der Waals surface area contributed by atoms with Gasteiger partial charge < -0.3 is 25.1 Å². The second-order valence-corrected chi connectivity index (χ2v) is 3.96. The molecule has 2 rings (SSSR count). The van der Waals surface area contributed by atoms with E-state index in [9.17, 15) is 5.11 Å². The SMILES string of the molecule is CC[C@@H](O)[C@@H](N)c1cc(OC)c2c(c1)OCO2.Cl. The summed E-state index contributed by atoms with van der Waals surface area (Å²) in [5.74, 6) is 1.78. The van der Waals surface area contributed by atoms with Gasteiger partial charge in [-0.05, 0) is 24.1 Å². The highest BCUT2D eigenvalue weighted by atomic mass is 35.5. The first-order chi connectivity index (χ1) is 8.17. The van der Waals surface area contributed by atoms with Crippen LogP contribution >= 0.6 is 12.4 Å². The zero-order valence-electron chi connectivity index (χ0n) is 10.4. The molecular formula is C12H18ClNO4. The van der Waals surface area contributed by atoms with Crippen molar-refractivity contribution in [2.45, 2.75) is 25.5 Å². The summed E-state index contributed by atoms with van der Waals surface area (Å²) >= 11 is 0. The van der Waals surface area contributed by atoms with Crippen molar-refractivity contribution in [3.05, 3.63) is 17.7 Å². The minimum Gasteiger partial charge on any atom is -0.493 e. The van der Waals surface area contributed by atoms with Crippen LogP contribution in [0.3, 0.4) is 0 Å². The van der Waals surface area contributed by atoms with E-state index in [0.29, 0.717) is 23.7 Å². The van der Waals surface area contributed by atoms with E-state index in [2.05, 4.69) is 0 Å². The van der Waals surface area contributed by atoms with Gasteiger partial charge in [-0.2, -0.15) is 0 Å². The molecule has 18 heavy (non-hydrogen) atoms. The Morgan fingerprint density at radius 1 is 1.44 bits per heavy atom. The van der Waals surface area contributed by atoms with Crippen LogP contribution in [0.25, 0.3) is 0 Å². The number of fused-ring (bicyclic) bond motifs is 1. The predicted molar refractivity (Wildman–Crippen MR) is 69.6 cm³/mol. The summed E-state index contributed by atoms with van der Waals surface area (Å²) in [4.78, 5) is 0. The zero-order valence-corrected chi connectivity index (χ0v) is 11.2. The summed E-state index contributed by atoms with van der Waals surface area (Å²) in [6, 6.07) is 3.11. The molecule has 0 unspecified atom stereocenters. The van der Waals surface area contributed by atoms with Gasteiger partial charge in [-0.15, -0.1) is 12.4 Å². The summed E-state index contributed by atoms with van der Waals surface area (Å²) in [6.07, 6.45) is 0.0119. The highest BCUT2D eigenvalue weighted by Crippen LogP contribution is 2.43. The number of ether oxygens (including phenoxy) is 3. The molecule has 2 atom stereocenters. The summed E-state index contributed by atoms with van der Waals surface area (Å²) in [7, 11) is 1.56. The Morgan fingerprint density at radius 3 is 2.78 bits per heavy atom. The second-order valence-electron chi connectivity index (χ2n) is 3.96. The van der Waals surface area contributed by atoms with Crippen LogP contribution in [-0.2, 0) is 0 Å². The average Bonchev–Trinajstić information content (AvgIpc) is 2.83. The highest BCUT2D eigenvalue weighted by Gasteiger charge is 2.24. The van der Waals surface area contributed by atoms with E-state index in [1.165, 1.54) is 0 Å². The minimum absolute atomic E-state index is 0. The van der Waals surface area contributed by atoms with Crippen LogP contribution < -0.4 is 19.9 Å². The quantitative estimate of drug-likeness (QED) is 0.873. The van der Waals surface area contributed by atoms with E-state index in [-0.39, 0.29) is 19.2 Å². The fourth-order valence-corrected chi connectivity index (χ4v) is 1.82. The van der Waals surface area contributed by atoms with Crippen LogP contribution in [0.1, 0.15) is 24.9 Å². The first-order valence-corrected chi connectivity index (χ1v) is 5.58. The molecule has 1 aliphatic heterocycles. The molecule has 0 fully saturated rings. The van der Waals surface area contributed by atoms with Gasteiger partial charge in [0.2, 0.25) is 12.5 Å². The topological polar surface area (TPSA) is 73.9 Å². The Kier molecular flexibility index (Phi) is 5.07. The van der Waals surface area contributed by atoms with Gasteiger partial charge in [0.05, 0.1) is 19.3 Å². The van der Waals surface area contributed by atoms with Crippen LogP contribution in [0.2, 0.25) is 0 Å². The fraction of sp³-hybridized carbons (Fsp3) is 0.500. The van der Waals surface area contributed by atoms with E-state index >= 15 is 0 Å². The Morgan fingerprint density at radius 2 is 2.17 bits per heavy atom. The maximum Gasteiger partial charge on any atom is 0.231 e. The average molecular weight is 276 g/mol. The lowest BCUT2D eigenvalue weighted by Crippen LogP contribution is -2.25. The normalized spacial score (nSPS) is 15.8. The summed E-state index contributed by atoms with van der Waals surface area (Å²) in [5.41, 5.74) is 6.74. The smallest absolute Gasteiger partial charge is 0.231 e. The van der Waals surface area contributed by atoms with Gasteiger partial charge >= 0.3 is 0 Å². The van der Waals surface area contributed by atoms with E-state index in [0.717, 1.165) is 5.56 Å². The lowest BCUT2D eigenvalue weighted by Gasteiger charge is -2.18. The number of halogens is 1. The van der Waals surface area contributed by atoms with E-state index in [1.807, 2.05) is 6.92 Å². The third-order valence-corrected chi connectivity index (χ3v) is 2.90. The van der Waals surface area contributed by atoms with Crippen LogP contribution in [0.5, 0.6) is 17.2 Å². The largest absolute Gasteiger partial charge is 0.493 e. The van der Waals surface area contributed by atoms with E-state index in [4.69, 9.17) is 19.9 Å². The predicted octanol–water partition coefficient (Wildman–Crippen LogP) is 1.62. The Labute approximate surface area is 112 Å². The maximum atomic E-state index is 9.75. The first-order valence-electron chi connectivity index (χ1n) is 5.58. The van der Waals surface area contributed by atoms with Crippen molar-refractivity contribution >= 4 is 12.4 Å². The summed E-state index contributed by atoms with van der Waals surface area (Å²) in [6.45, 7) is 2.06. The van der Waals surface area contributed by atoms with Gasteiger partial charge in [0, 0.05) is 0 Å². The Bertz CT molecular complexity index is 413. The van der Waals surface area contributed by atoms with Crippen molar-refractivity contribution < 1.29 is 19.3 Å². The van der Waals surface area contributed by atoms with Crippen molar-refractivity contribution in [3.63, 3.8) is 0 Å². The molecule has 0 radical (unpaired) electrons. The molecule has 1 heterocycles. The molecular weight excluding hydrogens is 258 g/mol. The van der Waals surface area contributed by atoms with Crippen molar-refractivity contribution in [3.8, 4) is 17.2 Å². The standard InChI is InChI=1S/C12H17NO4.ClH/c1-3-8(14)11(13)7-4-9(15-2)12-10(5-7)16-6-17-12;/h4-5,8,11,14H,3,6,13H2,1-2H3;1H/t8-,11+;/m1./s1. The van der Waals surface area contributed by atoms with Crippen LogP contribution in [-0.4, -0.2) is 25.1 Å². The lowest BCUT2D eigenvalue weighted by atomic mass is 10.00. The number of methoxy groups -OCH3 is 1. The third-order valence-electron chi connectivity index (χ3n) is 2.90. The fourth-order valence-electron chi connectivity index (χ4n) is 1.82. The molecule has 0 amide bonds. The van der Waals surface area contributed by atoms with Crippen molar-refractivity contribution in [2.75, 3.05) is 13.9 Å². The number of aliphatic hydroxyl groups is 1. The Balaban J connectivity index is 0.00000162. The summed E-state index contributed by atoms with van der Waals surface area (Å²) in [5, 5.41) is 9.75. The van der Waals surface area contributed by atoms with Gasteiger partial charge in [-0.25, -0.2) is 0 Å². The molecule has 0 aromatic heterocycles. The third kappa shape index (κ3) is 2.63. The molecule has 5 nitrogen and oxygen atoms in total. The number of rotatable bonds is 4. The number of hydrogen-bond acceptors (Lipinski definition) is 5. The molecule has 0 saturated heterocycles. The molecule has 6 heteroatoms. The number of nitrogens with two attached hydrogens (primary N) is 1. The molecule has 1 aromatic rings. The van der Waals surface area contributed by atoms with Crippen LogP contribution in [0.15, 0.2) is 12.1 Å². The number of aliphatic hydroxyl groups excluding tert-OH is 1. The molecule has 0 saturated carbocycles. The maximum absolute atomic E-state index is 9.75. The van der Waals surface area contributed by atoms with Crippen LogP contribution in [0, 0.1) is 0 Å². The van der Waals surface area contributed by atoms with Gasteiger partial charge in [0.15, 0.2) is 11.5 Å². The van der Waals surface area contributed by atoms with Crippen molar-refractivity contribution in [2.24, 2.45) is 5.73 Å². The molecule has 0 bridgehead atoms. The van der Waals surface area contributed by atoms with Crippen LogP contribution in [0.4, 0.5) is 0 Å². The first kappa shape index (κ1) is 14.9. The lowest BCUT2D eigenvalue weighted by molar-refractivity contribution is 0.140. The molecule has 1 aromatic carbocycles. The highest BCUT2D eigenvalue weighted by molar-refractivity contribution is 5.85. The van der Waals surface area contributed by atoms with Gasteiger partial charge in [-0.1, -0.05) is 6.92 Å². The zero-order chi connectivity index (χ0) is 12.4. The minimum atomic E-state index is -0.583. The van der Waals surface area contributed by atoms with Gasteiger partial charge in [-0.3, -0.25) is 0 Å². The number of hydrogen-bond donors (Lipinski definition) is 2. The number of benzene rings is 1. The van der Waals surface area contributed by atoms with E-state index < -0.39 is 12.1 Å². The van der Waals surface area contributed by atoms with Gasteiger partial charge in [0.1, 0.15) is 0 Å². The Hall–Kier alpha value is -1.17. The molecule has 102 valence electrons. The monoisotopic (exact) mass is 275 g/mol. The van der Waals surface area contributed by atoms with Crippen molar-refractivity contribution in [1.82, 2.24) is 0 Å². The molecule has 3 N–H and O–H groups in total. The molecule has 1 aliphatic rings.